The molecule has 0 radical (unpaired) electrons. The van der Waals surface area contributed by atoms with Crippen LogP contribution in [-0.4, -0.2) is 36.2 Å². The van der Waals surface area contributed by atoms with Gasteiger partial charge in [0.25, 0.3) is 0 Å². The summed E-state index contributed by atoms with van der Waals surface area (Å²) in [6.45, 7) is -0.327. The molecule has 1 unspecified atom stereocenters. The molecule has 0 amide bonds. The van der Waals surface area contributed by atoms with Crippen LogP contribution in [0.5, 0.6) is 0 Å². The van der Waals surface area contributed by atoms with Gasteiger partial charge in [-0.15, -0.1) is 0 Å². The third kappa shape index (κ3) is 3.58. The van der Waals surface area contributed by atoms with E-state index in [9.17, 15) is 0 Å². The van der Waals surface area contributed by atoms with Crippen LogP contribution in [0.4, 0.5) is 0 Å². The minimum atomic E-state index is -0.907. The van der Waals surface area contributed by atoms with Crippen LogP contribution in [0.2, 0.25) is 0 Å². The van der Waals surface area contributed by atoms with E-state index < -0.39 is 6.10 Å². The smallest absolute Gasteiger partial charge is 0.115 e. The Morgan fingerprint density at radius 3 is 2.88 bits per heavy atom. The highest BCUT2D eigenvalue weighted by atomic mass is 16.6. The predicted octanol–water partition coefficient (Wildman–Crippen LogP) is -1.03. The first-order valence-corrected chi connectivity index (χ1v) is 2.17. The Hall–Kier alpha value is -0.610. The molecule has 48 valence electrons. The number of aliphatic hydroxyl groups is 2. The summed E-state index contributed by atoms with van der Waals surface area (Å²) in [5.41, 5.74) is 0. The lowest BCUT2D eigenvalue weighted by Gasteiger charge is -1.94. The van der Waals surface area contributed by atoms with E-state index in [0.717, 1.165) is 6.21 Å². The minimum absolute atomic E-state index is 0.327. The van der Waals surface area contributed by atoms with Crippen molar-refractivity contribution < 1.29 is 15.1 Å². The first-order valence-electron chi connectivity index (χ1n) is 2.17. The monoisotopic (exact) mass is 119 g/mol. The maximum absolute atomic E-state index is 8.51. The molecule has 0 heterocycles. The number of rotatable bonds is 3. The first-order chi connectivity index (χ1) is 3.81. The quantitative estimate of drug-likeness (QED) is 0.369. The second kappa shape index (κ2) is 4.55. The van der Waals surface area contributed by atoms with Crippen molar-refractivity contribution in [2.24, 2.45) is 5.16 Å². The average molecular weight is 119 g/mol. The van der Waals surface area contributed by atoms with E-state index in [1.807, 2.05) is 0 Å². The molecule has 0 spiro atoms. The van der Waals surface area contributed by atoms with Gasteiger partial charge in [-0.2, -0.15) is 0 Å². The highest BCUT2D eigenvalue weighted by Crippen LogP contribution is 1.73. The molecule has 1 atom stereocenters. The molecule has 0 aromatic carbocycles. The Balaban J connectivity index is 3.21. The molecule has 8 heavy (non-hydrogen) atoms. The van der Waals surface area contributed by atoms with E-state index in [1.54, 1.807) is 0 Å². The first kappa shape index (κ1) is 7.39. The maximum Gasteiger partial charge on any atom is 0.115 e. The van der Waals surface area contributed by atoms with E-state index in [4.69, 9.17) is 10.2 Å². The van der Waals surface area contributed by atoms with E-state index >= 15 is 0 Å². The summed E-state index contributed by atoms with van der Waals surface area (Å²) < 4.78 is 0. The zero-order valence-corrected chi connectivity index (χ0v) is 4.61. The number of nitrogens with zero attached hydrogens (tertiary/aromatic N) is 1. The topological polar surface area (TPSA) is 62.0 Å². The van der Waals surface area contributed by atoms with Gasteiger partial charge in [0.1, 0.15) is 13.2 Å². The van der Waals surface area contributed by atoms with E-state index in [-0.39, 0.29) is 6.61 Å². The molecule has 2 N–H and O–H groups in total. The van der Waals surface area contributed by atoms with Crippen molar-refractivity contribution in [3.05, 3.63) is 0 Å². The van der Waals surface area contributed by atoms with Gasteiger partial charge in [0.05, 0.1) is 12.8 Å². The molecular weight excluding hydrogens is 110 g/mol. The number of aliphatic hydroxyl groups excluding tert-OH is 2. The van der Waals surface area contributed by atoms with Crippen molar-refractivity contribution in [1.82, 2.24) is 0 Å². The second-order valence-electron chi connectivity index (χ2n) is 1.19. The molecule has 4 nitrogen and oxygen atoms in total. The van der Waals surface area contributed by atoms with Gasteiger partial charge < -0.3 is 15.1 Å². The highest BCUT2D eigenvalue weighted by Gasteiger charge is 1.92. The zero-order chi connectivity index (χ0) is 6.41. The fraction of sp³-hybridized carbons (Fsp3) is 0.750. The van der Waals surface area contributed by atoms with Crippen molar-refractivity contribution in [2.45, 2.75) is 6.10 Å². The van der Waals surface area contributed by atoms with Crippen LogP contribution in [-0.2, 0) is 4.84 Å². The summed E-state index contributed by atoms with van der Waals surface area (Å²) in [4.78, 5) is 4.21. The Bertz CT molecular complexity index is 73.7. The van der Waals surface area contributed by atoms with Crippen molar-refractivity contribution in [3.63, 3.8) is 0 Å². The summed E-state index contributed by atoms with van der Waals surface area (Å²) in [6.07, 6.45) is 0.204. The third-order valence-electron chi connectivity index (χ3n) is 0.525. The molecule has 0 aromatic heterocycles. The summed E-state index contributed by atoms with van der Waals surface area (Å²) in [5.74, 6) is 0. The van der Waals surface area contributed by atoms with Crippen LogP contribution in [0.3, 0.4) is 0 Å². The lowest BCUT2D eigenvalue weighted by Crippen LogP contribution is -2.12. The summed E-state index contributed by atoms with van der Waals surface area (Å²) in [7, 11) is 1.36. The van der Waals surface area contributed by atoms with Crippen LogP contribution in [0, 0.1) is 0 Å². The molecular formula is C4H9NO3. The second-order valence-corrected chi connectivity index (χ2v) is 1.19. The van der Waals surface area contributed by atoms with Gasteiger partial charge in [-0.05, 0) is 0 Å². The summed E-state index contributed by atoms with van der Waals surface area (Å²) in [6, 6.07) is 0. The highest BCUT2D eigenvalue weighted by molar-refractivity contribution is 5.61. The van der Waals surface area contributed by atoms with Crippen molar-refractivity contribution in [3.8, 4) is 0 Å². The fourth-order valence-electron chi connectivity index (χ4n) is 0.178. The molecule has 0 aliphatic heterocycles. The van der Waals surface area contributed by atoms with E-state index in [0.29, 0.717) is 0 Å². The fourth-order valence-corrected chi connectivity index (χ4v) is 0.178. The SMILES string of the molecule is CON=CC(O)CO. The van der Waals surface area contributed by atoms with Gasteiger partial charge in [-0.25, -0.2) is 0 Å². The average Bonchev–Trinajstić information content (AvgIpc) is 1.83. The zero-order valence-electron chi connectivity index (χ0n) is 4.61. The van der Waals surface area contributed by atoms with Gasteiger partial charge in [0.15, 0.2) is 0 Å². The van der Waals surface area contributed by atoms with Crippen LogP contribution >= 0.6 is 0 Å². The van der Waals surface area contributed by atoms with Gasteiger partial charge in [0.2, 0.25) is 0 Å². The molecule has 0 aliphatic rings. The normalized spacial score (nSPS) is 14.4. The van der Waals surface area contributed by atoms with E-state index in [1.165, 1.54) is 7.11 Å². The Kier molecular flexibility index (Phi) is 4.20. The van der Waals surface area contributed by atoms with Crippen LogP contribution < -0.4 is 0 Å². The minimum Gasteiger partial charge on any atom is -0.399 e. The van der Waals surface area contributed by atoms with Gasteiger partial charge in [0, 0.05) is 0 Å². The largest absolute Gasteiger partial charge is 0.399 e. The number of oxime groups is 1. The lowest BCUT2D eigenvalue weighted by molar-refractivity contribution is 0.141. The van der Waals surface area contributed by atoms with Gasteiger partial charge in [-0.1, -0.05) is 5.16 Å². The molecule has 0 rings (SSSR count). The molecule has 0 aromatic rings. The molecule has 0 bridgehead atoms. The Morgan fingerprint density at radius 2 is 2.50 bits per heavy atom. The number of hydrogen-bond donors (Lipinski definition) is 2. The lowest BCUT2D eigenvalue weighted by atomic mass is 10.4. The molecule has 0 fully saturated rings. The summed E-state index contributed by atoms with van der Waals surface area (Å²) >= 11 is 0. The molecule has 0 saturated carbocycles. The third-order valence-corrected chi connectivity index (χ3v) is 0.525. The van der Waals surface area contributed by atoms with Crippen molar-refractivity contribution in [2.75, 3.05) is 13.7 Å². The molecule has 0 saturated heterocycles. The molecule has 0 aliphatic carbocycles. The maximum atomic E-state index is 8.51. The van der Waals surface area contributed by atoms with Gasteiger partial charge >= 0.3 is 0 Å². The standard InChI is InChI=1S/C4H9NO3/c1-8-5-2-4(7)3-6/h2,4,6-7H,3H2,1H3. The van der Waals surface area contributed by atoms with E-state index in [2.05, 4.69) is 9.99 Å². The van der Waals surface area contributed by atoms with Crippen molar-refractivity contribution >= 4 is 6.21 Å². The number of hydrogen-bond acceptors (Lipinski definition) is 4. The van der Waals surface area contributed by atoms with Crippen LogP contribution in [0.25, 0.3) is 0 Å². The van der Waals surface area contributed by atoms with Crippen LogP contribution in [0.1, 0.15) is 0 Å². The Morgan fingerprint density at radius 1 is 1.88 bits per heavy atom. The van der Waals surface area contributed by atoms with Crippen LogP contribution in [0.15, 0.2) is 5.16 Å². The molecule has 4 heteroatoms. The predicted molar refractivity (Wildman–Crippen MR) is 28.6 cm³/mol. The summed E-state index contributed by atoms with van der Waals surface area (Å²) in [5, 5.41) is 19.9. The van der Waals surface area contributed by atoms with Crippen molar-refractivity contribution in [1.29, 1.82) is 0 Å². The Labute approximate surface area is 47.4 Å². The van der Waals surface area contributed by atoms with Gasteiger partial charge in [-0.3, -0.25) is 0 Å².